The van der Waals surface area contributed by atoms with Gasteiger partial charge in [-0.2, -0.15) is 18.3 Å². The number of aromatic nitrogens is 3. The topological polar surface area (TPSA) is 63.1 Å². The van der Waals surface area contributed by atoms with Crippen LogP contribution in [0.5, 0.6) is 0 Å². The van der Waals surface area contributed by atoms with Crippen molar-refractivity contribution >= 4 is 11.7 Å². The van der Waals surface area contributed by atoms with Crippen LogP contribution in [0, 0.1) is 0 Å². The third kappa shape index (κ3) is 4.09. The number of pyridine rings is 1. The minimum absolute atomic E-state index is 0.0162. The lowest BCUT2D eigenvalue weighted by atomic mass is 10.3. The summed E-state index contributed by atoms with van der Waals surface area (Å²) in [6.07, 6.45) is -3.66. The largest absolute Gasteiger partial charge is 0.433 e. The molecule has 1 N–H and O–H groups in total. The van der Waals surface area contributed by atoms with Gasteiger partial charge in [0.15, 0.2) is 0 Å². The van der Waals surface area contributed by atoms with Gasteiger partial charge in [-0.3, -0.25) is 9.48 Å². The number of aryl methyl sites for hydroxylation is 1. The molecule has 25 heavy (non-hydrogen) atoms. The number of nitrogens with one attached hydrogen (secondary N) is 1. The molecule has 0 saturated carbocycles. The molecule has 2 aromatic rings. The normalized spacial score (nSPS) is 14.8. The third-order valence-corrected chi connectivity index (χ3v) is 4.00. The molecule has 3 heterocycles. The Morgan fingerprint density at radius 2 is 2.12 bits per heavy atom. The van der Waals surface area contributed by atoms with Crippen LogP contribution in [0.3, 0.4) is 0 Å². The number of hydrogen-bond acceptors (Lipinski definition) is 4. The second kappa shape index (κ2) is 6.73. The van der Waals surface area contributed by atoms with Crippen LogP contribution in [0.25, 0.3) is 0 Å². The smallest absolute Gasteiger partial charge is 0.364 e. The molecule has 1 aliphatic rings. The maximum absolute atomic E-state index is 12.7. The summed E-state index contributed by atoms with van der Waals surface area (Å²) in [5.74, 6) is 0.158. The molecule has 0 bridgehead atoms. The summed E-state index contributed by atoms with van der Waals surface area (Å²) in [4.78, 5) is 16.9. The van der Waals surface area contributed by atoms with Crippen molar-refractivity contribution in [2.45, 2.75) is 39.2 Å². The van der Waals surface area contributed by atoms with E-state index in [1.165, 1.54) is 19.1 Å². The van der Waals surface area contributed by atoms with E-state index in [-0.39, 0.29) is 18.3 Å². The summed E-state index contributed by atoms with van der Waals surface area (Å²) in [7, 11) is 0. The van der Waals surface area contributed by atoms with E-state index in [0.29, 0.717) is 25.3 Å². The van der Waals surface area contributed by atoms with E-state index in [1.807, 2.05) is 10.7 Å². The predicted molar refractivity (Wildman–Crippen MR) is 84.5 cm³/mol. The molecule has 0 fully saturated rings. The van der Waals surface area contributed by atoms with Crippen molar-refractivity contribution in [3.63, 3.8) is 0 Å². The number of halogens is 3. The van der Waals surface area contributed by atoms with E-state index in [4.69, 9.17) is 0 Å². The molecule has 134 valence electrons. The Bertz CT molecular complexity index is 771. The number of anilines is 1. The molecule has 0 saturated heterocycles. The number of alkyl halides is 3. The minimum Gasteiger partial charge on any atom is -0.364 e. The number of fused-ring (bicyclic) bond motifs is 1. The van der Waals surface area contributed by atoms with Crippen LogP contribution in [-0.4, -0.2) is 32.1 Å². The fourth-order valence-electron chi connectivity index (χ4n) is 2.75. The molecule has 0 radical (unpaired) electrons. The van der Waals surface area contributed by atoms with Gasteiger partial charge >= 0.3 is 6.18 Å². The first-order valence-electron chi connectivity index (χ1n) is 7.92. The Kier molecular flexibility index (Phi) is 4.65. The average Bonchev–Trinajstić information content (AvgIpc) is 2.82. The van der Waals surface area contributed by atoms with Crippen molar-refractivity contribution < 1.29 is 18.0 Å². The van der Waals surface area contributed by atoms with Gasteiger partial charge in [-0.1, -0.05) is 6.07 Å². The molecule has 6 nitrogen and oxygen atoms in total. The summed E-state index contributed by atoms with van der Waals surface area (Å²) in [5, 5.41) is 7.32. The molecule has 0 aliphatic carbocycles. The predicted octanol–water partition coefficient (Wildman–Crippen LogP) is 2.66. The zero-order chi connectivity index (χ0) is 18.0. The summed E-state index contributed by atoms with van der Waals surface area (Å²) >= 11 is 0. The molecule has 0 spiro atoms. The van der Waals surface area contributed by atoms with Gasteiger partial charge in [-0.05, 0) is 24.6 Å². The van der Waals surface area contributed by atoms with Crippen LogP contribution in [0.4, 0.5) is 19.0 Å². The number of carbonyl (C=O) groups is 1. The molecular weight excluding hydrogens is 335 g/mol. The lowest BCUT2D eigenvalue weighted by Crippen LogP contribution is -2.28. The molecule has 1 amide bonds. The molecule has 0 aromatic carbocycles. The zero-order valence-electron chi connectivity index (χ0n) is 13.7. The van der Waals surface area contributed by atoms with Crippen molar-refractivity contribution in [1.29, 1.82) is 0 Å². The summed E-state index contributed by atoms with van der Waals surface area (Å²) in [6, 6.07) is 5.58. The first kappa shape index (κ1) is 17.2. The van der Waals surface area contributed by atoms with Crippen molar-refractivity contribution in [3.05, 3.63) is 41.3 Å². The van der Waals surface area contributed by atoms with Gasteiger partial charge in [0.2, 0.25) is 5.91 Å². The van der Waals surface area contributed by atoms with Crippen LogP contribution in [-0.2, 0) is 30.6 Å². The second-order valence-corrected chi connectivity index (χ2v) is 5.90. The number of nitrogens with zero attached hydrogens (tertiary/aromatic N) is 4. The highest BCUT2D eigenvalue weighted by Gasteiger charge is 2.32. The van der Waals surface area contributed by atoms with E-state index in [2.05, 4.69) is 15.4 Å². The average molecular weight is 353 g/mol. The Hall–Kier alpha value is -2.58. The third-order valence-electron chi connectivity index (χ3n) is 4.00. The standard InChI is InChI=1S/C16H18F3N5O/c1-11(25)23-6-3-7-24-13(10-23)8-12(22-24)9-20-15-5-2-4-14(21-15)16(17,18)19/h2,4-5,8H,3,6-7,9-10H2,1H3,(H,20,21). The summed E-state index contributed by atoms with van der Waals surface area (Å²) in [6.45, 7) is 3.69. The molecule has 3 rings (SSSR count). The lowest BCUT2D eigenvalue weighted by Gasteiger charge is -2.17. The van der Waals surface area contributed by atoms with E-state index >= 15 is 0 Å². The SMILES string of the molecule is CC(=O)N1CCCn2nc(CNc3cccc(C(F)(F)F)n3)cc2C1. The fraction of sp³-hybridized carbons (Fsp3) is 0.438. The first-order chi connectivity index (χ1) is 11.8. The van der Waals surface area contributed by atoms with Gasteiger partial charge in [-0.25, -0.2) is 4.98 Å². The molecular formula is C16H18F3N5O. The van der Waals surface area contributed by atoms with Crippen molar-refractivity contribution in [2.24, 2.45) is 0 Å². The van der Waals surface area contributed by atoms with Gasteiger partial charge < -0.3 is 10.2 Å². The number of carbonyl (C=O) groups excluding carboxylic acids is 1. The summed E-state index contributed by atoms with van der Waals surface area (Å²) in [5.41, 5.74) is 0.677. The Labute approximate surface area is 142 Å². The number of hydrogen-bond donors (Lipinski definition) is 1. The van der Waals surface area contributed by atoms with Crippen LogP contribution in [0.1, 0.15) is 30.4 Å². The first-order valence-corrected chi connectivity index (χ1v) is 7.92. The van der Waals surface area contributed by atoms with Gasteiger partial charge in [0.25, 0.3) is 0 Å². The molecule has 2 aromatic heterocycles. The maximum atomic E-state index is 12.7. The molecule has 0 atom stereocenters. The van der Waals surface area contributed by atoms with E-state index < -0.39 is 11.9 Å². The zero-order valence-corrected chi connectivity index (χ0v) is 13.7. The van der Waals surface area contributed by atoms with Crippen LogP contribution >= 0.6 is 0 Å². The van der Waals surface area contributed by atoms with Crippen molar-refractivity contribution in [3.8, 4) is 0 Å². The molecule has 1 aliphatic heterocycles. The van der Waals surface area contributed by atoms with Crippen LogP contribution in [0.15, 0.2) is 24.3 Å². The van der Waals surface area contributed by atoms with E-state index in [1.54, 1.807) is 4.90 Å². The minimum atomic E-state index is -4.47. The highest BCUT2D eigenvalue weighted by atomic mass is 19.4. The lowest BCUT2D eigenvalue weighted by molar-refractivity contribution is -0.141. The number of amides is 1. The van der Waals surface area contributed by atoms with Gasteiger partial charge in [-0.15, -0.1) is 0 Å². The van der Waals surface area contributed by atoms with E-state index in [9.17, 15) is 18.0 Å². The highest BCUT2D eigenvalue weighted by molar-refractivity contribution is 5.73. The van der Waals surface area contributed by atoms with E-state index in [0.717, 1.165) is 18.2 Å². The van der Waals surface area contributed by atoms with Crippen molar-refractivity contribution in [1.82, 2.24) is 19.7 Å². The van der Waals surface area contributed by atoms with Crippen LogP contribution < -0.4 is 5.32 Å². The van der Waals surface area contributed by atoms with Gasteiger partial charge in [0.05, 0.1) is 24.5 Å². The van der Waals surface area contributed by atoms with Gasteiger partial charge in [0, 0.05) is 20.0 Å². The maximum Gasteiger partial charge on any atom is 0.433 e. The van der Waals surface area contributed by atoms with Crippen molar-refractivity contribution in [2.75, 3.05) is 11.9 Å². The summed E-state index contributed by atoms with van der Waals surface area (Å²) < 4.78 is 39.9. The molecule has 0 unspecified atom stereocenters. The Balaban J connectivity index is 1.69. The van der Waals surface area contributed by atoms with Gasteiger partial charge in [0.1, 0.15) is 11.5 Å². The molecule has 9 heteroatoms. The fourth-order valence-corrected chi connectivity index (χ4v) is 2.75. The number of rotatable bonds is 3. The van der Waals surface area contributed by atoms with Crippen LogP contribution in [0.2, 0.25) is 0 Å². The monoisotopic (exact) mass is 353 g/mol. The Morgan fingerprint density at radius 1 is 1.32 bits per heavy atom. The highest BCUT2D eigenvalue weighted by Crippen LogP contribution is 2.28. The second-order valence-electron chi connectivity index (χ2n) is 5.90. The quantitative estimate of drug-likeness (QED) is 0.922. The Morgan fingerprint density at radius 3 is 2.84 bits per heavy atom.